The maximum absolute atomic E-state index is 13.0. The molecule has 0 bridgehead atoms. The summed E-state index contributed by atoms with van der Waals surface area (Å²) in [6.07, 6.45) is 5.78. The number of fused-ring (bicyclic) bond motifs is 3. The third kappa shape index (κ3) is 5.23. The van der Waals surface area contributed by atoms with Gasteiger partial charge in [0.05, 0.1) is 36.7 Å². The summed E-state index contributed by atoms with van der Waals surface area (Å²) in [6, 6.07) is 13.0. The van der Waals surface area contributed by atoms with Gasteiger partial charge in [0.2, 0.25) is 0 Å². The molecule has 0 N–H and O–H groups in total. The Balaban J connectivity index is 1.00. The Kier molecular flexibility index (Phi) is 7.24. The Bertz CT molecular complexity index is 1440. The highest BCUT2D eigenvalue weighted by molar-refractivity contribution is 6.03. The highest BCUT2D eigenvalue weighted by Crippen LogP contribution is 2.38. The topological polar surface area (TPSA) is 87.8 Å². The highest BCUT2D eigenvalue weighted by atomic mass is 16.5. The molecule has 39 heavy (non-hydrogen) atoms. The predicted molar refractivity (Wildman–Crippen MR) is 151 cm³/mol. The summed E-state index contributed by atoms with van der Waals surface area (Å²) in [5, 5.41) is 0.978. The van der Waals surface area contributed by atoms with E-state index in [0.717, 1.165) is 76.0 Å². The predicted octanol–water partition coefficient (Wildman–Crippen LogP) is 4.10. The van der Waals surface area contributed by atoms with Crippen LogP contribution in [0.2, 0.25) is 0 Å². The van der Waals surface area contributed by atoms with Gasteiger partial charge in [-0.1, -0.05) is 12.1 Å². The third-order valence-corrected chi connectivity index (χ3v) is 7.93. The van der Waals surface area contributed by atoms with Crippen LogP contribution in [0.4, 0.5) is 11.4 Å². The van der Waals surface area contributed by atoms with Crippen molar-refractivity contribution < 1.29 is 18.7 Å². The van der Waals surface area contributed by atoms with Crippen molar-refractivity contribution in [2.75, 3.05) is 57.9 Å². The van der Waals surface area contributed by atoms with E-state index in [0.29, 0.717) is 34.9 Å². The quantitative estimate of drug-likeness (QED) is 0.320. The van der Waals surface area contributed by atoms with E-state index >= 15 is 0 Å². The number of ether oxygens (including phenoxy) is 2. The summed E-state index contributed by atoms with van der Waals surface area (Å²) in [5.41, 5.74) is 2.50. The Hall–Kier alpha value is -3.85. The summed E-state index contributed by atoms with van der Waals surface area (Å²) >= 11 is 0. The number of hydrogen-bond acceptors (Lipinski definition) is 8. The van der Waals surface area contributed by atoms with Crippen LogP contribution in [-0.2, 0) is 0 Å². The summed E-state index contributed by atoms with van der Waals surface area (Å²) < 4.78 is 17.0. The molecule has 0 spiro atoms. The van der Waals surface area contributed by atoms with Gasteiger partial charge in [-0.2, -0.15) is 0 Å². The van der Waals surface area contributed by atoms with Crippen LogP contribution in [0.3, 0.4) is 0 Å². The molecule has 0 aliphatic carbocycles. The standard InChI is InChI=1S/C30H34N4O5/c1-37-27-17-23-24(31-20-21-7-6-11-34(21)30(23)36)18-28(27)38-16-5-4-10-32-12-14-33(15-13-32)25-19-29(35)39-26-9-3-2-8-22(25)26/h2-3,8-9,17-21H,4-7,10-16H2,1H3/t21-/m0/s1. The molecule has 1 amide bonds. The largest absolute Gasteiger partial charge is 0.493 e. The molecule has 1 aromatic heterocycles. The highest BCUT2D eigenvalue weighted by Gasteiger charge is 2.32. The van der Waals surface area contributed by atoms with Crippen molar-refractivity contribution in [3.63, 3.8) is 0 Å². The van der Waals surface area contributed by atoms with Crippen LogP contribution in [0.15, 0.2) is 56.7 Å². The lowest BCUT2D eigenvalue weighted by atomic mass is 10.1. The Labute approximate surface area is 227 Å². The molecule has 2 aromatic carbocycles. The Morgan fingerprint density at radius 1 is 1.00 bits per heavy atom. The molecule has 2 saturated heterocycles. The first kappa shape index (κ1) is 25.4. The number of hydrogen-bond donors (Lipinski definition) is 0. The molecule has 3 aliphatic rings. The molecule has 204 valence electrons. The van der Waals surface area contributed by atoms with Crippen LogP contribution >= 0.6 is 0 Å². The van der Waals surface area contributed by atoms with Gasteiger partial charge in [0, 0.05) is 56.5 Å². The summed E-state index contributed by atoms with van der Waals surface area (Å²) in [7, 11) is 1.60. The second kappa shape index (κ2) is 11.1. The average Bonchev–Trinajstić information content (AvgIpc) is 3.39. The lowest BCUT2D eigenvalue weighted by Crippen LogP contribution is -2.46. The van der Waals surface area contributed by atoms with E-state index in [1.165, 1.54) is 0 Å². The molecule has 0 radical (unpaired) electrons. The van der Waals surface area contributed by atoms with Crippen LogP contribution in [-0.4, -0.2) is 80.9 Å². The number of amides is 1. The molecular formula is C30H34N4O5. The lowest BCUT2D eigenvalue weighted by molar-refractivity contribution is 0.0774. The first-order valence-corrected chi connectivity index (χ1v) is 13.8. The minimum absolute atomic E-state index is 0.0128. The molecule has 4 heterocycles. The van der Waals surface area contributed by atoms with Gasteiger partial charge in [0.15, 0.2) is 11.5 Å². The third-order valence-electron chi connectivity index (χ3n) is 7.93. The molecule has 9 nitrogen and oxygen atoms in total. The maximum Gasteiger partial charge on any atom is 0.338 e. The smallest absolute Gasteiger partial charge is 0.338 e. The lowest BCUT2D eigenvalue weighted by Gasteiger charge is -2.36. The summed E-state index contributed by atoms with van der Waals surface area (Å²) in [6.45, 7) is 5.95. The van der Waals surface area contributed by atoms with E-state index in [4.69, 9.17) is 13.9 Å². The normalized spacial score (nSPS) is 19.2. The molecular weight excluding hydrogens is 496 g/mol. The SMILES string of the molecule is COc1cc2c(cc1OCCCCN1CCN(c3cc(=O)oc4ccccc34)CC1)N=C[C@@H]1CCCN1C2=O. The first-order chi connectivity index (χ1) is 19.1. The molecule has 0 unspecified atom stereocenters. The second-order valence-corrected chi connectivity index (χ2v) is 10.3. The van der Waals surface area contributed by atoms with Gasteiger partial charge in [-0.25, -0.2) is 4.79 Å². The van der Waals surface area contributed by atoms with Crippen molar-refractivity contribution in [1.82, 2.24) is 9.80 Å². The number of rotatable bonds is 8. The number of aliphatic imine (C=N–C) groups is 1. The van der Waals surface area contributed by atoms with Crippen molar-refractivity contribution in [2.24, 2.45) is 4.99 Å². The van der Waals surface area contributed by atoms with Gasteiger partial charge in [-0.15, -0.1) is 0 Å². The van der Waals surface area contributed by atoms with Crippen LogP contribution in [0.25, 0.3) is 11.0 Å². The molecule has 9 heteroatoms. The number of nitrogens with zero attached hydrogens (tertiary/aromatic N) is 4. The zero-order chi connectivity index (χ0) is 26.8. The number of benzene rings is 2. The summed E-state index contributed by atoms with van der Waals surface area (Å²) in [4.78, 5) is 36.3. The molecule has 1 atom stereocenters. The van der Waals surface area contributed by atoms with Gasteiger partial charge in [0.25, 0.3) is 5.91 Å². The van der Waals surface area contributed by atoms with Crippen molar-refractivity contribution in [3.8, 4) is 11.5 Å². The minimum Gasteiger partial charge on any atom is -0.493 e. The summed E-state index contributed by atoms with van der Waals surface area (Å²) in [5.74, 6) is 1.20. The number of piperazine rings is 1. The van der Waals surface area contributed by atoms with Crippen LogP contribution in [0.5, 0.6) is 11.5 Å². The number of unbranched alkanes of at least 4 members (excludes halogenated alkanes) is 1. The Morgan fingerprint density at radius 2 is 1.85 bits per heavy atom. The van der Waals surface area contributed by atoms with E-state index in [-0.39, 0.29) is 17.6 Å². The van der Waals surface area contributed by atoms with Gasteiger partial charge < -0.3 is 23.7 Å². The fraction of sp³-hybridized carbons (Fsp3) is 0.433. The van der Waals surface area contributed by atoms with E-state index < -0.39 is 0 Å². The zero-order valence-electron chi connectivity index (χ0n) is 22.3. The molecule has 3 aliphatic heterocycles. The number of carbonyl (C=O) groups excluding carboxylic acids is 1. The zero-order valence-corrected chi connectivity index (χ0v) is 22.3. The monoisotopic (exact) mass is 530 g/mol. The van der Waals surface area contributed by atoms with E-state index in [2.05, 4.69) is 14.8 Å². The Morgan fingerprint density at radius 3 is 2.69 bits per heavy atom. The van der Waals surface area contributed by atoms with Crippen LogP contribution in [0.1, 0.15) is 36.0 Å². The van der Waals surface area contributed by atoms with Crippen LogP contribution in [0, 0.1) is 0 Å². The first-order valence-electron chi connectivity index (χ1n) is 13.8. The molecule has 6 rings (SSSR count). The van der Waals surface area contributed by atoms with Crippen LogP contribution < -0.4 is 20.0 Å². The van der Waals surface area contributed by atoms with Crippen molar-refractivity contribution >= 4 is 34.5 Å². The van der Waals surface area contributed by atoms with Gasteiger partial charge in [0.1, 0.15) is 5.58 Å². The molecule has 0 saturated carbocycles. The van der Waals surface area contributed by atoms with Gasteiger partial charge in [-0.05, 0) is 50.4 Å². The van der Waals surface area contributed by atoms with E-state index in [1.807, 2.05) is 41.4 Å². The number of methoxy groups -OCH3 is 1. The van der Waals surface area contributed by atoms with Crippen molar-refractivity contribution in [3.05, 3.63) is 58.4 Å². The fourth-order valence-electron chi connectivity index (χ4n) is 5.81. The average molecular weight is 531 g/mol. The fourth-order valence-corrected chi connectivity index (χ4v) is 5.81. The molecule has 3 aromatic rings. The van der Waals surface area contributed by atoms with Crippen molar-refractivity contribution in [2.45, 2.75) is 31.7 Å². The van der Waals surface area contributed by atoms with Crippen molar-refractivity contribution in [1.29, 1.82) is 0 Å². The maximum atomic E-state index is 13.0. The van der Waals surface area contributed by atoms with Gasteiger partial charge in [-0.3, -0.25) is 14.7 Å². The number of anilines is 1. The minimum atomic E-state index is -0.309. The van der Waals surface area contributed by atoms with E-state index in [1.54, 1.807) is 19.2 Å². The second-order valence-electron chi connectivity index (χ2n) is 10.3. The number of para-hydroxylation sites is 1. The van der Waals surface area contributed by atoms with E-state index in [9.17, 15) is 9.59 Å². The number of carbonyl (C=O) groups is 1. The molecule has 2 fully saturated rings. The van der Waals surface area contributed by atoms with Gasteiger partial charge >= 0.3 is 5.63 Å².